The van der Waals surface area contributed by atoms with Crippen molar-refractivity contribution in [3.8, 4) is 11.4 Å². The highest BCUT2D eigenvalue weighted by Gasteiger charge is 2.24. The molecule has 2 N–H and O–H groups in total. The first-order valence-corrected chi connectivity index (χ1v) is 12.8. The van der Waals surface area contributed by atoms with Crippen molar-refractivity contribution in [2.75, 3.05) is 11.9 Å². The van der Waals surface area contributed by atoms with E-state index in [1.807, 2.05) is 30.3 Å². The van der Waals surface area contributed by atoms with Gasteiger partial charge in [-0.2, -0.15) is 0 Å². The van der Waals surface area contributed by atoms with Crippen LogP contribution in [-0.4, -0.2) is 30.4 Å². The van der Waals surface area contributed by atoms with Crippen LogP contribution in [0, 0.1) is 0 Å². The zero-order chi connectivity index (χ0) is 23.3. The van der Waals surface area contributed by atoms with Crippen LogP contribution in [0.4, 0.5) is 5.69 Å². The molecule has 1 aliphatic heterocycles. The van der Waals surface area contributed by atoms with E-state index >= 15 is 0 Å². The van der Waals surface area contributed by atoms with Crippen molar-refractivity contribution >= 4 is 21.6 Å². The van der Waals surface area contributed by atoms with Gasteiger partial charge >= 0.3 is 0 Å². The number of nitrogens with zero attached hydrogens (tertiary/aromatic N) is 2. The van der Waals surface area contributed by atoms with Crippen LogP contribution in [0.2, 0.25) is 0 Å². The molecule has 1 aliphatic rings. The molecule has 2 aromatic carbocycles. The quantitative estimate of drug-likeness (QED) is 0.490. The Labute approximate surface area is 194 Å². The van der Waals surface area contributed by atoms with Gasteiger partial charge in [0.15, 0.2) is 0 Å². The molecule has 8 heteroatoms. The molecule has 0 saturated carbocycles. The number of fused-ring (bicyclic) bond motifs is 1. The Morgan fingerprint density at radius 2 is 1.82 bits per heavy atom. The summed E-state index contributed by atoms with van der Waals surface area (Å²) in [6.45, 7) is 4.55. The summed E-state index contributed by atoms with van der Waals surface area (Å²) in [5, 5.41) is 2.92. The van der Waals surface area contributed by atoms with E-state index in [2.05, 4.69) is 21.2 Å². The van der Waals surface area contributed by atoms with E-state index in [1.165, 1.54) is 6.08 Å². The molecular weight excluding hydrogens is 436 g/mol. The average molecular weight is 465 g/mol. The van der Waals surface area contributed by atoms with E-state index in [1.54, 1.807) is 24.3 Å². The van der Waals surface area contributed by atoms with Crippen LogP contribution in [0.25, 0.3) is 11.4 Å². The number of imidazole rings is 1. The topological polar surface area (TPSA) is 93.1 Å². The zero-order valence-electron chi connectivity index (χ0n) is 18.5. The average Bonchev–Trinajstić information content (AvgIpc) is 3.00. The highest BCUT2D eigenvalue weighted by atomic mass is 32.2. The standard InChI is InChI=1S/C25H28N4O3S/c1-2-16-26-33(31,32)18-19-12-14-21(15-13-19)27-25(30)23-22-11-7-4-8-17-29(22)24(28-23)20-9-5-3-6-10-20/h2-3,5-6,9-10,12-15,26H,1,4,7-8,11,16-18H2,(H,27,30). The smallest absolute Gasteiger partial charge is 0.276 e. The largest absolute Gasteiger partial charge is 0.327 e. The lowest BCUT2D eigenvalue weighted by Crippen LogP contribution is -2.25. The lowest BCUT2D eigenvalue weighted by Gasteiger charge is -2.09. The van der Waals surface area contributed by atoms with Crippen LogP contribution in [0.1, 0.15) is 41.0 Å². The molecule has 1 aromatic heterocycles. The van der Waals surface area contributed by atoms with Gasteiger partial charge in [0, 0.05) is 24.3 Å². The molecule has 0 radical (unpaired) electrons. The molecular formula is C25H28N4O3S. The number of hydrogen-bond donors (Lipinski definition) is 2. The Morgan fingerprint density at radius 1 is 1.06 bits per heavy atom. The van der Waals surface area contributed by atoms with Crippen LogP contribution in [-0.2, 0) is 28.7 Å². The predicted octanol–water partition coefficient (Wildman–Crippen LogP) is 4.13. The molecule has 33 heavy (non-hydrogen) atoms. The lowest BCUT2D eigenvalue weighted by atomic mass is 10.1. The Balaban J connectivity index is 1.54. The Kier molecular flexibility index (Phi) is 7.05. The maximum atomic E-state index is 13.2. The molecule has 0 atom stereocenters. The van der Waals surface area contributed by atoms with Gasteiger partial charge in [0.05, 0.1) is 11.4 Å². The number of benzene rings is 2. The minimum Gasteiger partial charge on any atom is -0.327 e. The molecule has 0 spiro atoms. The van der Waals surface area contributed by atoms with Gasteiger partial charge in [-0.3, -0.25) is 4.79 Å². The molecule has 0 saturated heterocycles. The lowest BCUT2D eigenvalue weighted by molar-refractivity contribution is 0.102. The zero-order valence-corrected chi connectivity index (χ0v) is 19.3. The van der Waals surface area contributed by atoms with Crippen molar-refractivity contribution in [1.29, 1.82) is 0 Å². The Bertz CT molecular complexity index is 1230. The van der Waals surface area contributed by atoms with E-state index in [0.29, 0.717) is 16.9 Å². The number of carbonyl (C=O) groups is 1. The summed E-state index contributed by atoms with van der Waals surface area (Å²) in [7, 11) is -3.43. The first kappa shape index (κ1) is 22.9. The van der Waals surface area contributed by atoms with Crippen LogP contribution in [0.15, 0.2) is 67.3 Å². The summed E-state index contributed by atoms with van der Waals surface area (Å²) in [6.07, 6.45) is 5.54. The van der Waals surface area contributed by atoms with Crippen LogP contribution in [0.5, 0.6) is 0 Å². The third-order valence-electron chi connectivity index (χ3n) is 5.63. The predicted molar refractivity (Wildman–Crippen MR) is 130 cm³/mol. The second-order valence-corrected chi connectivity index (χ2v) is 9.91. The highest BCUT2D eigenvalue weighted by Crippen LogP contribution is 2.27. The van der Waals surface area contributed by atoms with E-state index in [-0.39, 0.29) is 18.2 Å². The summed E-state index contributed by atoms with van der Waals surface area (Å²) in [5.74, 6) is 0.436. The van der Waals surface area contributed by atoms with Gasteiger partial charge in [-0.25, -0.2) is 18.1 Å². The van der Waals surface area contributed by atoms with E-state index in [9.17, 15) is 13.2 Å². The third-order valence-corrected chi connectivity index (χ3v) is 6.95. The molecule has 1 amide bonds. The van der Waals surface area contributed by atoms with Gasteiger partial charge in [-0.15, -0.1) is 6.58 Å². The summed E-state index contributed by atoms with van der Waals surface area (Å²) >= 11 is 0. The van der Waals surface area contributed by atoms with Gasteiger partial charge < -0.3 is 9.88 Å². The fraction of sp³-hybridized carbons (Fsp3) is 0.280. The number of hydrogen-bond acceptors (Lipinski definition) is 4. The molecule has 4 rings (SSSR count). The minimum absolute atomic E-state index is 0.135. The maximum absolute atomic E-state index is 13.2. The maximum Gasteiger partial charge on any atom is 0.276 e. The van der Waals surface area contributed by atoms with Crippen molar-refractivity contribution in [3.63, 3.8) is 0 Å². The molecule has 0 fully saturated rings. The monoisotopic (exact) mass is 464 g/mol. The molecule has 2 heterocycles. The van der Waals surface area contributed by atoms with Gasteiger partial charge in [-0.1, -0.05) is 55.0 Å². The third kappa shape index (κ3) is 5.58. The van der Waals surface area contributed by atoms with Gasteiger partial charge in [-0.05, 0) is 37.0 Å². The van der Waals surface area contributed by atoms with Gasteiger partial charge in [0.25, 0.3) is 5.91 Å². The fourth-order valence-corrected chi connectivity index (χ4v) is 5.15. The number of rotatable bonds is 8. The molecule has 3 aromatic rings. The van der Waals surface area contributed by atoms with Crippen molar-refractivity contribution in [2.24, 2.45) is 0 Å². The van der Waals surface area contributed by atoms with Crippen molar-refractivity contribution in [3.05, 3.63) is 84.2 Å². The molecule has 0 bridgehead atoms. The summed E-state index contributed by atoms with van der Waals surface area (Å²) < 4.78 is 28.7. The van der Waals surface area contributed by atoms with Gasteiger partial charge in [0.2, 0.25) is 10.0 Å². The van der Waals surface area contributed by atoms with Crippen LogP contribution < -0.4 is 10.0 Å². The summed E-state index contributed by atoms with van der Waals surface area (Å²) in [4.78, 5) is 17.9. The number of amides is 1. The fourth-order valence-electron chi connectivity index (χ4n) is 4.04. The number of sulfonamides is 1. The minimum atomic E-state index is -3.43. The number of anilines is 1. The molecule has 7 nitrogen and oxygen atoms in total. The van der Waals surface area contributed by atoms with Gasteiger partial charge in [0.1, 0.15) is 11.5 Å². The second kappa shape index (κ2) is 10.1. The normalized spacial score (nSPS) is 13.7. The van der Waals surface area contributed by atoms with Crippen molar-refractivity contribution < 1.29 is 13.2 Å². The Hall–Kier alpha value is -3.23. The second-order valence-electron chi connectivity index (χ2n) is 8.11. The molecule has 172 valence electrons. The van der Waals surface area contributed by atoms with Crippen molar-refractivity contribution in [1.82, 2.24) is 14.3 Å². The van der Waals surface area contributed by atoms with E-state index < -0.39 is 10.0 Å². The van der Waals surface area contributed by atoms with E-state index in [0.717, 1.165) is 49.3 Å². The molecule has 0 unspecified atom stereocenters. The summed E-state index contributed by atoms with van der Waals surface area (Å²) in [6, 6.07) is 16.8. The SMILES string of the molecule is C=CCNS(=O)(=O)Cc1ccc(NC(=O)c2nc(-c3ccccc3)n3c2CCCCC3)cc1. The Morgan fingerprint density at radius 3 is 2.55 bits per heavy atom. The van der Waals surface area contributed by atoms with Crippen LogP contribution >= 0.6 is 0 Å². The highest BCUT2D eigenvalue weighted by molar-refractivity contribution is 7.88. The van der Waals surface area contributed by atoms with Crippen molar-refractivity contribution in [2.45, 2.75) is 38.0 Å². The first-order valence-electron chi connectivity index (χ1n) is 11.1. The van der Waals surface area contributed by atoms with Crippen LogP contribution in [0.3, 0.4) is 0 Å². The number of carbonyl (C=O) groups excluding carboxylic acids is 1. The van der Waals surface area contributed by atoms with E-state index in [4.69, 9.17) is 4.98 Å². The number of aromatic nitrogens is 2. The molecule has 0 aliphatic carbocycles. The number of nitrogens with one attached hydrogen (secondary N) is 2. The first-order chi connectivity index (χ1) is 16.0. The summed E-state index contributed by atoms with van der Waals surface area (Å²) in [5.41, 5.74) is 3.65.